The Morgan fingerprint density at radius 2 is 2.07 bits per heavy atom. The molecule has 4 unspecified atom stereocenters. The number of thioether (sulfide) groups is 1. The van der Waals surface area contributed by atoms with Crippen LogP contribution in [-0.2, 0) is 0 Å². The molecule has 1 saturated heterocycles. The zero-order valence-electron chi connectivity index (χ0n) is 9.82. The molecule has 4 atom stereocenters. The van der Waals surface area contributed by atoms with Gasteiger partial charge in [0.15, 0.2) is 0 Å². The molecule has 15 heavy (non-hydrogen) atoms. The quantitative estimate of drug-likeness (QED) is 0.799. The fourth-order valence-electron chi connectivity index (χ4n) is 3.36. The SMILES string of the molecule is CCC1CCCCC1C(O)C1CCSC1. The third kappa shape index (κ3) is 2.71. The van der Waals surface area contributed by atoms with E-state index in [1.165, 1.54) is 50.0 Å². The van der Waals surface area contributed by atoms with E-state index in [1.54, 1.807) is 0 Å². The van der Waals surface area contributed by atoms with E-state index in [4.69, 9.17) is 0 Å². The van der Waals surface area contributed by atoms with Crippen molar-refractivity contribution in [2.24, 2.45) is 17.8 Å². The van der Waals surface area contributed by atoms with Gasteiger partial charge in [0.05, 0.1) is 6.10 Å². The summed E-state index contributed by atoms with van der Waals surface area (Å²) in [4.78, 5) is 0. The summed E-state index contributed by atoms with van der Waals surface area (Å²) in [5, 5.41) is 10.5. The van der Waals surface area contributed by atoms with E-state index in [9.17, 15) is 5.11 Å². The van der Waals surface area contributed by atoms with Gasteiger partial charge in [-0.05, 0) is 42.1 Å². The van der Waals surface area contributed by atoms with Crippen LogP contribution in [0.25, 0.3) is 0 Å². The van der Waals surface area contributed by atoms with Crippen LogP contribution in [0.3, 0.4) is 0 Å². The minimum atomic E-state index is 0.00486. The normalized spacial score (nSPS) is 39.2. The predicted octanol–water partition coefficient (Wildman–Crippen LogP) is 3.32. The Morgan fingerprint density at radius 3 is 2.73 bits per heavy atom. The van der Waals surface area contributed by atoms with E-state index in [1.807, 2.05) is 11.8 Å². The molecule has 1 aliphatic heterocycles. The van der Waals surface area contributed by atoms with Crippen molar-refractivity contribution in [3.8, 4) is 0 Å². The standard InChI is InChI=1S/C13H24OS/c1-2-10-5-3-4-6-12(10)13(14)11-7-8-15-9-11/h10-14H,2-9H2,1H3. The van der Waals surface area contributed by atoms with Crippen molar-refractivity contribution in [1.29, 1.82) is 0 Å². The zero-order valence-corrected chi connectivity index (χ0v) is 10.6. The van der Waals surface area contributed by atoms with Crippen LogP contribution in [0.15, 0.2) is 0 Å². The molecule has 0 spiro atoms. The molecule has 0 aromatic carbocycles. The van der Waals surface area contributed by atoms with E-state index in [0.717, 1.165) is 5.92 Å². The summed E-state index contributed by atoms with van der Waals surface area (Å²) >= 11 is 2.02. The lowest BCUT2D eigenvalue weighted by atomic mass is 9.72. The lowest BCUT2D eigenvalue weighted by Gasteiger charge is -2.36. The van der Waals surface area contributed by atoms with Crippen LogP contribution in [0.5, 0.6) is 0 Å². The Kier molecular flexibility index (Phi) is 4.39. The second-order valence-corrected chi connectivity index (χ2v) is 6.38. The van der Waals surface area contributed by atoms with Crippen molar-refractivity contribution in [3.05, 3.63) is 0 Å². The Hall–Kier alpha value is 0.310. The van der Waals surface area contributed by atoms with E-state index in [-0.39, 0.29) is 6.10 Å². The summed E-state index contributed by atoms with van der Waals surface area (Å²) in [5.74, 6) is 4.50. The summed E-state index contributed by atoms with van der Waals surface area (Å²) in [5.41, 5.74) is 0. The maximum atomic E-state index is 10.5. The van der Waals surface area contributed by atoms with Gasteiger partial charge in [0.25, 0.3) is 0 Å². The van der Waals surface area contributed by atoms with Crippen LogP contribution < -0.4 is 0 Å². The third-order valence-corrected chi connectivity index (χ3v) is 5.57. The van der Waals surface area contributed by atoms with Gasteiger partial charge in [-0.3, -0.25) is 0 Å². The van der Waals surface area contributed by atoms with Crippen molar-refractivity contribution < 1.29 is 5.11 Å². The van der Waals surface area contributed by atoms with Gasteiger partial charge in [0, 0.05) is 0 Å². The molecule has 2 rings (SSSR count). The maximum absolute atomic E-state index is 10.5. The maximum Gasteiger partial charge on any atom is 0.0607 e. The van der Waals surface area contributed by atoms with Gasteiger partial charge in [-0.25, -0.2) is 0 Å². The van der Waals surface area contributed by atoms with Crippen LogP contribution in [0, 0.1) is 17.8 Å². The topological polar surface area (TPSA) is 20.2 Å². The molecule has 1 nitrogen and oxygen atoms in total. The zero-order chi connectivity index (χ0) is 10.7. The van der Waals surface area contributed by atoms with Gasteiger partial charge in [-0.15, -0.1) is 0 Å². The molecule has 2 aliphatic rings. The number of hydrogen-bond donors (Lipinski definition) is 1. The Balaban J connectivity index is 1.93. The lowest BCUT2D eigenvalue weighted by Crippen LogP contribution is -2.36. The second-order valence-electron chi connectivity index (χ2n) is 5.23. The first-order valence-electron chi connectivity index (χ1n) is 6.58. The predicted molar refractivity (Wildman–Crippen MR) is 67.2 cm³/mol. The number of rotatable bonds is 3. The van der Waals surface area contributed by atoms with Crippen molar-refractivity contribution in [1.82, 2.24) is 0 Å². The van der Waals surface area contributed by atoms with Gasteiger partial charge in [0.1, 0.15) is 0 Å². The van der Waals surface area contributed by atoms with E-state index in [2.05, 4.69) is 6.92 Å². The summed E-state index contributed by atoms with van der Waals surface area (Å²) in [6.07, 6.45) is 7.89. The van der Waals surface area contributed by atoms with Crippen LogP contribution in [0.4, 0.5) is 0 Å². The van der Waals surface area contributed by atoms with Crippen molar-refractivity contribution >= 4 is 11.8 Å². The third-order valence-electron chi connectivity index (χ3n) is 4.38. The number of hydrogen-bond acceptors (Lipinski definition) is 2. The Bertz CT molecular complexity index is 189. The molecule has 1 heterocycles. The van der Waals surface area contributed by atoms with E-state index >= 15 is 0 Å². The van der Waals surface area contributed by atoms with Gasteiger partial charge < -0.3 is 5.11 Å². The van der Waals surface area contributed by atoms with Gasteiger partial charge >= 0.3 is 0 Å². The Morgan fingerprint density at radius 1 is 1.27 bits per heavy atom. The first-order chi connectivity index (χ1) is 7.33. The molecular formula is C13H24OS. The molecule has 0 amide bonds. The summed E-state index contributed by atoms with van der Waals surface area (Å²) in [6.45, 7) is 2.29. The van der Waals surface area contributed by atoms with Crippen LogP contribution in [0.2, 0.25) is 0 Å². The van der Waals surface area contributed by atoms with Crippen LogP contribution in [-0.4, -0.2) is 22.7 Å². The van der Waals surface area contributed by atoms with Gasteiger partial charge in [-0.1, -0.05) is 32.6 Å². The monoisotopic (exact) mass is 228 g/mol. The molecule has 0 aromatic rings. The minimum Gasteiger partial charge on any atom is -0.393 e. The van der Waals surface area contributed by atoms with Crippen LogP contribution in [0.1, 0.15) is 45.4 Å². The molecule has 2 heteroatoms. The molecule has 1 saturated carbocycles. The lowest BCUT2D eigenvalue weighted by molar-refractivity contribution is 0.0111. The average Bonchev–Trinajstić information content (AvgIpc) is 2.81. The van der Waals surface area contributed by atoms with Crippen molar-refractivity contribution in [3.63, 3.8) is 0 Å². The minimum absolute atomic E-state index is 0.00486. The highest BCUT2D eigenvalue weighted by molar-refractivity contribution is 7.99. The second kappa shape index (κ2) is 5.58. The van der Waals surface area contributed by atoms with Gasteiger partial charge in [-0.2, -0.15) is 11.8 Å². The summed E-state index contributed by atoms with van der Waals surface area (Å²) in [6, 6.07) is 0. The molecule has 0 bridgehead atoms. The molecule has 0 radical (unpaired) electrons. The molecule has 0 aromatic heterocycles. The highest BCUT2D eigenvalue weighted by Gasteiger charge is 2.35. The van der Waals surface area contributed by atoms with E-state index in [0.29, 0.717) is 11.8 Å². The van der Waals surface area contributed by atoms with Crippen molar-refractivity contribution in [2.45, 2.75) is 51.6 Å². The molecule has 88 valence electrons. The first kappa shape index (κ1) is 11.8. The highest BCUT2D eigenvalue weighted by Crippen LogP contribution is 2.39. The largest absolute Gasteiger partial charge is 0.393 e. The molecule has 1 N–H and O–H groups in total. The van der Waals surface area contributed by atoms with E-state index < -0.39 is 0 Å². The molecule has 1 aliphatic carbocycles. The molecule has 2 fully saturated rings. The highest BCUT2D eigenvalue weighted by atomic mass is 32.2. The summed E-state index contributed by atoms with van der Waals surface area (Å²) in [7, 11) is 0. The smallest absolute Gasteiger partial charge is 0.0607 e. The fourth-order valence-corrected chi connectivity index (χ4v) is 4.67. The number of aliphatic hydroxyl groups is 1. The number of aliphatic hydroxyl groups excluding tert-OH is 1. The van der Waals surface area contributed by atoms with Crippen molar-refractivity contribution in [2.75, 3.05) is 11.5 Å². The summed E-state index contributed by atoms with van der Waals surface area (Å²) < 4.78 is 0. The molecular weight excluding hydrogens is 204 g/mol. The average molecular weight is 228 g/mol. The van der Waals surface area contributed by atoms with Crippen LogP contribution >= 0.6 is 11.8 Å². The fraction of sp³-hybridized carbons (Fsp3) is 1.00. The Labute approximate surface area is 98.0 Å². The first-order valence-corrected chi connectivity index (χ1v) is 7.74. The van der Waals surface area contributed by atoms with Gasteiger partial charge in [0.2, 0.25) is 0 Å².